The minimum atomic E-state index is 0.818. The predicted molar refractivity (Wildman–Crippen MR) is 76.9 cm³/mol. The van der Waals surface area contributed by atoms with Crippen molar-refractivity contribution in [2.75, 3.05) is 13.1 Å². The summed E-state index contributed by atoms with van der Waals surface area (Å²) in [5, 5.41) is 3.75. The van der Waals surface area contributed by atoms with Gasteiger partial charge in [0.15, 0.2) is 0 Å². The molecule has 2 unspecified atom stereocenters. The first-order valence-corrected chi connectivity index (χ1v) is 8.44. The average molecular weight is 250 g/mol. The molecule has 1 saturated carbocycles. The van der Waals surface area contributed by atoms with E-state index in [1.165, 1.54) is 83.7 Å². The molecule has 1 N–H and O–H groups in total. The highest BCUT2D eigenvalue weighted by atomic mass is 15.2. The number of hydrogen-bond donors (Lipinski definition) is 1. The normalized spacial score (nSPS) is 36.7. The molecule has 2 nitrogen and oxygen atoms in total. The van der Waals surface area contributed by atoms with Crippen LogP contribution in [0.5, 0.6) is 0 Å². The maximum Gasteiger partial charge on any atom is 0.0252 e. The van der Waals surface area contributed by atoms with E-state index in [4.69, 9.17) is 0 Å². The first kappa shape index (κ1) is 12.9. The van der Waals surface area contributed by atoms with Crippen LogP contribution in [0.1, 0.15) is 70.6 Å². The zero-order valence-corrected chi connectivity index (χ0v) is 11.9. The molecule has 0 aromatic heterocycles. The summed E-state index contributed by atoms with van der Waals surface area (Å²) in [6.45, 7) is 2.65. The third kappa shape index (κ3) is 2.91. The van der Waals surface area contributed by atoms with Gasteiger partial charge in [0.1, 0.15) is 0 Å². The lowest BCUT2D eigenvalue weighted by Crippen LogP contribution is -2.48. The molecule has 2 atom stereocenters. The van der Waals surface area contributed by atoms with Crippen LogP contribution in [0.15, 0.2) is 0 Å². The number of rotatable bonds is 2. The molecule has 2 saturated heterocycles. The first-order chi connectivity index (χ1) is 8.95. The summed E-state index contributed by atoms with van der Waals surface area (Å²) in [7, 11) is 0. The fourth-order valence-electron chi connectivity index (χ4n) is 4.51. The molecule has 2 heteroatoms. The van der Waals surface area contributed by atoms with Crippen molar-refractivity contribution in [3.8, 4) is 0 Å². The Kier molecular flexibility index (Phi) is 4.58. The van der Waals surface area contributed by atoms with E-state index in [-0.39, 0.29) is 0 Å². The van der Waals surface area contributed by atoms with E-state index in [0.717, 1.165) is 18.1 Å². The molecule has 2 heterocycles. The molecular formula is C16H30N2. The molecule has 0 spiro atoms. The summed E-state index contributed by atoms with van der Waals surface area (Å²) in [6, 6.07) is 2.61. The minimum absolute atomic E-state index is 0.818. The molecule has 104 valence electrons. The fourth-order valence-corrected chi connectivity index (χ4v) is 4.51. The Bertz CT molecular complexity index is 239. The molecular weight excluding hydrogens is 220 g/mol. The van der Waals surface area contributed by atoms with Crippen LogP contribution in [0.25, 0.3) is 0 Å². The van der Waals surface area contributed by atoms with Gasteiger partial charge in [0.05, 0.1) is 0 Å². The fraction of sp³-hybridized carbons (Fsp3) is 1.00. The van der Waals surface area contributed by atoms with Crippen molar-refractivity contribution in [2.24, 2.45) is 0 Å². The average Bonchev–Trinajstić information content (AvgIpc) is 2.98. The summed E-state index contributed by atoms with van der Waals surface area (Å²) < 4.78 is 0. The van der Waals surface area contributed by atoms with Crippen LogP contribution in [-0.2, 0) is 0 Å². The van der Waals surface area contributed by atoms with E-state index in [2.05, 4.69) is 10.2 Å². The van der Waals surface area contributed by atoms with Gasteiger partial charge in [-0.05, 0) is 51.6 Å². The van der Waals surface area contributed by atoms with Crippen molar-refractivity contribution in [3.63, 3.8) is 0 Å². The number of nitrogens with one attached hydrogen (secondary N) is 1. The SMILES string of the molecule is C1CCCC(N2CCCC2C2CCCN2)CCC1. The third-order valence-corrected chi connectivity index (χ3v) is 5.45. The summed E-state index contributed by atoms with van der Waals surface area (Å²) in [5.74, 6) is 0. The Balaban J connectivity index is 1.61. The summed E-state index contributed by atoms with van der Waals surface area (Å²) >= 11 is 0. The zero-order valence-electron chi connectivity index (χ0n) is 11.9. The molecule has 3 aliphatic rings. The smallest absolute Gasteiger partial charge is 0.0252 e. The Labute approximate surface area is 113 Å². The maximum atomic E-state index is 3.75. The second kappa shape index (κ2) is 6.38. The first-order valence-electron chi connectivity index (χ1n) is 8.44. The van der Waals surface area contributed by atoms with Crippen LogP contribution in [0.3, 0.4) is 0 Å². The highest BCUT2D eigenvalue weighted by molar-refractivity contribution is 4.94. The molecule has 0 aromatic rings. The topological polar surface area (TPSA) is 15.3 Å². The standard InChI is InChI=1S/C16H30N2/c1-2-4-8-14(9-5-3-1)18-13-7-11-16(18)15-10-6-12-17-15/h14-17H,1-13H2. The van der Waals surface area contributed by atoms with Crippen LogP contribution in [0.4, 0.5) is 0 Å². The number of hydrogen-bond acceptors (Lipinski definition) is 2. The Hall–Kier alpha value is -0.0800. The molecule has 0 bridgehead atoms. The number of nitrogens with zero attached hydrogens (tertiary/aromatic N) is 1. The second-order valence-corrected chi connectivity index (χ2v) is 6.65. The van der Waals surface area contributed by atoms with Crippen molar-refractivity contribution < 1.29 is 0 Å². The van der Waals surface area contributed by atoms with Crippen LogP contribution in [-0.4, -0.2) is 36.1 Å². The van der Waals surface area contributed by atoms with Gasteiger partial charge >= 0.3 is 0 Å². The van der Waals surface area contributed by atoms with Gasteiger partial charge in [-0.25, -0.2) is 0 Å². The van der Waals surface area contributed by atoms with Crippen molar-refractivity contribution in [2.45, 2.75) is 88.8 Å². The molecule has 3 fully saturated rings. The molecule has 2 aliphatic heterocycles. The van der Waals surface area contributed by atoms with E-state index in [1.807, 2.05) is 0 Å². The maximum absolute atomic E-state index is 3.75. The van der Waals surface area contributed by atoms with Gasteiger partial charge in [-0.2, -0.15) is 0 Å². The summed E-state index contributed by atoms with van der Waals surface area (Å²) in [5.41, 5.74) is 0. The largest absolute Gasteiger partial charge is 0.312 e. The Morgan fingerprint density at radius 2 is 1.50 bits per heavy atom. The van der Waals surface area contributed by atoms with Crippen molar-refractivity contribution in [1.29, 1.82) is 0 Å². The van der Waals surface area contributed by atoms with Crippen LogP contribution < -0.4 is 5.32 Å². The minimum Gasteiger partial charge on any atom is -0.312 e. The lowest BCUT2D eigenvalue weighted by atomic mass is 9.94. The quantitative estimate of drug-likeness (QED) is 0.809. The zero-order chi connectivity index (χ0) is 12.2. The van der Waals surface area contributed by atoms with E-state index >= 15 is 0 Å². The van der Waals surface area contributed by atoms with Gasteiger partial charge in [0.2, 0.25) is 0 Å². The Morgan fingerprint density at radius 3 is 2.22 bits per heavy atom. The van der Waals surface area contributed by atoms with Crippen molar-refractivity contribution >= 4 is 0 Å². The van der Waals surface area contributed by atoms with Gasteiger partial charge in [-0.1, -0.05) is 32.1 Å². The van der Waals surface area contributed by atoms with Gasteiger partial charge in [-0.3, -0.25) is 4.90 Å². The van der Waals surface area contributed by atoms with E-state index in [9.17, 15) is 0 Å². The third-order valence-electron chi connectivity index (χ3n) is 5.45. The molecule has 18 heavy (non-hydrogen) atoms. The number of likely N-dealkylation sites (tertiary alicyclic amines) is 1. The van der Waals surface area contributed by atoms with Gasteiger partial charge in [0, 0.05) is 18.1 Å². The van der Waals surface area contributed by atoms with Crippen LogP contribution in [0, 0.1) is 0 Å². The van der Waals surface area contributed by atoms with Crippen molar-refractivity contribution in [3.05, 3.63) is 0 Å². The lowest BCUT2D eigenvalue weighted by molar-refractivity contribution is 0.129. The van der Waals surface area contributed by atoms with E-state index in [0.29, 0.717) is 0 Å². The molecule has 0 aromatic carbocycles. The van der Waals surface area contributed by atoms with Gasteiger partial charge in [-0.15, -0.1) is 0 Å². The van der Waals surface area contributed by atoms with Gasteiger partial charge in [0.25, 0.3) is 0 Å². The second-order valence-electron chi connectivity index (χ2n) is 6.65. The van der Waals surface area contributed by atoms with Crippen molar-refractivity contribution in [1.82, 2.24) is 10.2 Å². The summed E-state index contributed by atoms with van der Waals surface area (Å²) in [6.07, 6.45) is 16.1. The predicted octanol–water partition coefficient (Wildman–Crippen LogP) is 3.32. The van der Waals surface area contributed by atoms with Crippen LogP contribution in [0.2, 0.25) is 0 Å². The monoisotopic (exact) mass is 250 g/mol. The van der Waals surface area contributed by atoms with E-state index in [1.54, 1.807) is 0 Å². The van der Waals surface area contributed by atoms with Crippen LogP contribution >= 0.6 is 0 Å². The van der Waals surface area contributed by atoms with Gasteiger partial charge < -0.3 is 5.32 Å². The van der Waals surface area contributed by atoms with E-state index < -0.39 is 0 Å². The molecule has 1 aliphatic carbocycles. The molecule has 3 rings (SSSR count). The highest BCUT2D eigenvalue weighted by Crippen LogP contribution is 2.31. The Morgan fingerprint density at radius 1 is 0.722 bits per heavy atom. The summed E-state index contributed by atoms with van der Waals surface area (Å²) in [4.78, 5) is 2.91. The highest BCUT2D eigenvalue weighted by Gasteiger charge is 2.36. The molecule has 0 amide bonds. The lowest BCUT2D eigenvalue weighted by Gasteiger charge is -2.37. The molecule has 0 radical (unpaired) electrons.